The monoisotopic (exact) mass is 272 g/mol. The lowest BCUT2D eigenvalue weighted by atomic mass is 10.0. The van der Waals surface area contributed by atoms with Gasteiger partial charge in [-0.1, -0.05) is 38.1 Å². The summed E-state index contributed by atoms with van der Waals surface area (Å²) in [6.45, 7) is 4.34. The average Bonchev–Trinajstić information content (AvgIpc) is 2.39. The van der Waals surface area contributed by atoms with E-state index >= 15 is 0 Å². The molecule has 0 heterocycles. The van der Waals surface area contributed by atoms with Gasteiger partial charge in [-0.2, -0.15) is 0 Å². The van der Waals surface area contributed by atoms with Gasteiger partial charge < -0.3 is 5.11 Å². The van der Waals surface area contributed by atoms with Crippen molar-refractivity contribution >= 4 is 17.7 Å². The number of aromatic carboxylic acids is 1. The zero-order valence-corrected chi connectivity index (χ0v) is 11.8. The van der Waals surface area contributed by atoms with Crippen molar-refractivity contribution in [2.75, 3.05) is 0 Å². The van der Waals surface area contributed by atoms with Gasteiger partial charge in [-0.3, -0.25) is 0 Å². The molecule has 2 aromatic carbocycles. The fourth-order valence-electron chi connectivity index (χ4n) is 1.80. The molecule has 2 aromatic rings. The van der Waals surface area contributed by atoms with E-state index in [1.165, 1.54) is 4.90 Å². The number of thioether (sulfide) groups is 1. The lowest BCUT2D eigenvalue weighted by molar-refractivity contribution is 0.0697. The molecule has 0 amide bonds. The highest BCUT2D eigenvalue weighted by Gasteiger charge is 2.04. The van der Waals surface area contributed by atoms with Crippen LogP contribution in [0.15, 0.2) is 53.4 Å². The van der Waals surface area contributed by atoms with Crippen molar-refractivity contribution in [2.24, 2.45) is 0 Å². The lowest BCUT2D eigenvalue weighted by Gasteiger charge is -2.06. The zero-order valence-electron chi connectivity index (χ0n) is 11.0. The minimum Gasteiger partial charge on any atom is -0.478 e. The molecule has 0 radical (unpaired) electrons. The molecule has 0 aliphatic carbocycles. The van der Waals surface area contributed by atoms with Crippen LogP contribution in [0.1, 0.15) is 24.2 Å². The van der Waals surface area contributed by atoms with Crippen molar-refractivity contribution in [3.05, 3.63) is 54.1 Å². The van der Waals surface area contributed by atoms with E-state index in [1.807, 2.05) is 23.9 Å². The smallest absolute Gasteiger partial charge is 0.335 e. The van der Waals surface area contributed by atoms with E-state index in [0.717, 1.165) is 11.1 Å². The summed E-state index contributed by atoms with van der Waals surface area (Å²) < 4.78 is 0. The Morgan fingerprint density at radius 1 is 0.947 bits per heavy atom. The largest absolute Gasteiger partial charge is 0.478 e. The Kier molecular flexibility index (Phi) is 4.27. The Balaban J connectivity index is 2.19. The molecule has 0 atom stereocenters. The fourth-order valence-corrected chi connectivity index (χ4v) is 2.64. The Bertz CT molecular complexity index is 556. The first-order chi connectivity index (χ1) is 9.06. The quantitative estimate of drug-likeness (QED) is 0.829. The summed E-state index contributed by atoms with van der Waals surface area (Å²) in [5.74, 6) is -0.893. The predicted molar refractivity (Wildman–Crippen MR) is 79.8 cm³/mol. The molecule has 0 aromatic heterocycles. The maximum Gasteiger partial charge on any atom is 0.335 e. The molecule has 0 fully saturated rings. The van der Waals surface area contributed by atoms with Gasteiger partial charge in [-0.15, -0.1) is 11.8 Å². The Morgan fingerprint density at radius 3 is 1.84 bits per heavy atom. The molecule has 98 valence electrons. The van der Waals surface area contributed by atoms with Gasteiger partial charge in [0.25, 0.3) is 0 Å². The van der Waals surface area contributed by atoms with E-state index in [2.05, 4.69) is 38.1 Å². The molecule has 0 aliphatic heterocycles. The molecule has 2 nitrogen and oxygen atoms in total. The van der Waals surface area contributed by atoms with Crippen molar-refractivity contribution in [3.8, 4) is 11.1 Å². The molecule has 0 unspecified atom stereocenters. The third-order valence-electron chi connectivity index (χ3n) is 2.69. The molecule has 0 saturated carbocycles. The molecule has 0 aliphatic rings. The SMILES string of the molecule is CC(C)Sc1ccc(-c2ccc(C(=O)O)cc2)cc1. The molecule has 0 saturated heterocycles. The normalized spacial score (nSPS) is 10.7. The maximum absolute atomic E-state index is 10.8. The molecule has 2 rings (SSSR count). The number of carboxylic acid groups (broad SMARTS) is 1. The topological polar surface area (TPSA) is 37.3 Å². The summed E-state index contributed by atoms with van der Waals surface area (Å²) in [4.78, 5) is 12.0. The number of carbonyl (C=O) groups is 1. The van der Waals surface area contributed by atoms with Gasteiger partial charge in [0.05, 0.1) is 5.56 Å². The molecular weight excluding hydrogens is 256 g/mol. The van der Waals surface area contributed by atoms with Crippen LogP contribution in [-0.2, 0) is 0 Å². The average molecular weight is 272 g/mol. The van der Waals surface area contributed by atoms with Gasteiger partial charge in [0.15, 0.2) is 0 Å². The number of hydrogen-bond donors (Lipinski definition) is 1. The van der Waals surface area contributed by atoms with E-state index in [4.69, 9.17) is 5.11 Å². The molecule has 1 N–H and O–H groups in total. The van der Waals surface area contributed by atoms with Crippen molar-refractivity contribution in [3.63, 3.8) is 0 Å². The first-order valence-electron chi connectivity index (χ1n) is 6.16. The standard InChI is InChI=1S/C16H16O2S/c1-11(2)19-15-9-7-13(8-10-15)12-3-5-14(6-4-12)16(17)18/h3-11H,1-2H3,(H,17,18). The molecule has 0 spiro atoms. The van der Waals surface area contributed by atoms with E-state index in [-0.39, 0.29) is 0 Å². The summed E-state index contributed by atoms with van der Waals surface area (Å²) in [7, 11) is 0. The first-order valence-corrected chi connectivity index (χ1v) is 7.04. The second-order valence-electron chi connectivity index (χ2n) is 4.57. The van der Waals surface area contributed by atoms with Crippen LogP contribution in [-0.4, -0.2) is 16.3 Å². The van der Waals surface area contributed by atoms with Crippen LogP contribution in [0.3, 0.4) is 0 Å². The van der Waals surface area contributed by atoms with Gasteiger partial charge in [-0.25, -0.2) is 4.79 Å². The third kappa shape index (κ3) is 3.61. The number of carboxylic acids is 1. The highest BCUT2D eigenvalue weighted by atomic mass is 32.2. The predicted octanol–water partition coefficient (Wildman–Crippen LogP) is 4.55. The van der Waals surface area contributed by atoms with Gasteiger partial charge in [0.2, 0.25) is 0 Å². The Labute approximate surface area is 117 Å². The van der Waals surface area contributed by atoms with Crippen LogP contribution in [0, 0.1) is 0 Å². The van der Waals surface area contributed by atoms with Gasteiger partial charge in [0, 0.05) is 10.1 Å². The zero-order chi connectivity index (χ0) is 13.8. The van der Waals surface area contributed by atoms with E-state index in [1.54, 1.807) is 12.1 Å². The fraction of sp³-hybridized carbons (Fsp3) is 0.188. The molecule has 0 bridgehead atoms. The second kappa shape index (κ2) is 5.93. The van der Waals surface area contributed by atoms with E-state index < -0.39 is 5.97 Å². The van der Waals surface area contributed by atoms with Crippen LogP contribution in [0.25, 0.3) is 11.1 Å². The molecule has 19 heavy (non-hydrogen) atoms. The van der Waals surface area contributed by atoms with Crippen molar-refractivity contribution in [1.82, 2.24) is 0 Å². The number of benzene rings is 2. The Hall–Kier alpha value is -1.74. The molecule has 3 heteroatoms. The van der Waals surface area contributed by atoms with Crippen LogP contribution in [0.2, 0.25) is 0 Å². The number of rotatable bonds is 4. The second-order valence-corrected chi connectivity index (χ2v) is 6.22. The van der Waals surface area contributed by atoms with E-state index in [0.29, 0.717) is 10.8 Å². The molecular formula is C16H16O2S. The summed E-state index contributed by atoms with van der Waals surface area (Å²) in [5, 5.41) is 9.43. The van der Waals surface area contributed by atoms with Crippen molar-refractivity contribution < 1.29 is 9.90 Å². The highest BCUT2D eigenvalue weighted by Crippen LogP contribution is 2.26. The maximum atomic E-state index is 10.8. The van der Waals surface area contributed by atoms with E-state index in [9.17, 15) is 4.79 Å². The summed E-state index contributed by atoms with van der Waals surface area (Å²) >= 11 is 1.83. The Morgan fingerprint density at radius 2 is 1.42 bits per heavy atom. The van der Waals surface area contributed by atoms with Gasteiger partial charge in [0.1, 0.15) is 0 Å². The summed E-state index contributed by atoms with van der Waals surface area (Å²) in [6.07, 6.45) is 0. The minimum atomic E-state index is -0.893. The van der Waals surface area contributed by atoms with Crippen LogP contribution < -0.4 is 0 Å². The van der Waals surface area contributed by atoms with Gasteiger partial charge >= 0.3 is 5.97 Å². The van der Waals surface area contributed by atoms with Crippen molar-refractivity contribution in [2.45, 2.75) is 24.0 Å². The summed E-state index contributed by atoms with van der Waals surface area (Å²) in [6, 6.07) is 15.3. The van der Waals surface area contributed by atoms with Gasteiger partial charge in [-0.05, 0) is 35.4 Å². The van der Waals surface area contributed by atoms with Crippen molar-refractivity contribution in [1.29, 1.82) is 0 Å². The lowest BCUT2D eigenvalue weighted by Crippen LogP contribution is -1.94. The van der Waals surface area contributed by atoms with Crippen LogP contribution in [0.4, 0.5) is 0 Å². The van der Waals surface area contributed by atoms with Crippen LogP contribution >= 0.6 is 11.8 Å². The minimum absolute atomic E-state index is 0.315. The first kappa shape index (κ1) is 13.7. The highest BCUT2D eigenvalue weighted by molar-refractivity contribution is 7.99. The summed E-state index contributed by atoms with van der Waals surface area (Å²) in [5.41, 5.74) is 2.45. The van der Waals surface area contributed by atoms with Crippen LogP contribution in [0.5, 0.6) is 0 Å². The third-order valence-corrected chi connectivity index (χ3v) is 3.71. The number of hydrogen-bond acceptors (Lipinski definition) is 2.